The van der Waals surface area contributed by atoms with Crippen LogP contribution in [0.4, 0.5) is 4.39 Å². The molecule has 0 aliphatic carbocycles. The summed E-state index contributed by atoms with van der Waals surface area (Å²) in [5.41, 5.74) is 0. The fourth-order valence-corrected chi connectivity index (χ4v) is 2.13. The first-order chi connectivity index (χ1) is 9.68. The van der Waals surface area contributed by atoms with Crippen molar-refractivity contribution < 1.29 is 14.3 Å². The summed E-state index contributed by atoms with van der Waals surface area (Å²) in [4.78, 5) is 10.2. The van der Waals surface area contributed by atoms with Crippen LogP contribution >= 0.6 is 0 Å². The van der Waals surface area contributed by atoms with E-state index in [4.69, 9.17) is 5.11 Å². The number of carbonyl (C=O) groups is 1. The van der Waals surface area contributed by atoms with Crippen LogP contribution in [0.3, 0.4) is 0 Å². The molecule has 0 spiro atoms. The van der Waals surface area contributed by atoms with Gasteiger partial charge in [0, 0.05) is 0 Å². The standard InChI is InChI=1S/C17H29FO2/c1-2-3-4-5-6-7-8-9-10-11-12-13-14-15-16(18)17(19)20/h2-3,15H,4-14H2,1H3,(H,19,20)/b3-2-,16-15?. The summed E-state index contributed by atoms with van der Waals surface area (Å²) in [6, 6.07) is 0. The maximum atomic E-state index is 12.6. The van der Waals surface area contributed by atoms with Gasteiger partial charge in [-0.15, -0.1) is 0 Å². The van der Waals surface area contributed by atoms with Gasteiger partial charge in [0.1, 0.15) is 0 Å². The third-order valence-corrected chi connectivity index (χ3v) is 3.34. The highest BCUT2D eigenvalue weighted by Gasteiger charge is 2.02. The number of unbranched alkanes of at least 4 members (excludes halogenated alkanes) is 10. The molecular weight excluding hydrogens is 255 g/mol. The number of aliphatic carboxylic acids is 1. The van der Waals surface area contributed by atoms with Crippen molar-refractivity contribution in [3.8, 4) is 0 Å². The highest BCUT2D eigenvalue weighted by Crippen LogP contribution is 2.12. The van der Waals surface area contributed by atoms with Crippen LogP contribution in [0.1, 0.15) is 77.6 Å². The van der Waals surface area contributed by atoms with E-state index in [0.717, 1.165) is 12.8 Å². The number of carboxylic acids is 1. The van der Waals surface area contributed by atoms with Crippen LogP contribution in [-0.2, 0) is 4.79 Å². The van der Waals surface area contributed by atoms with Gasteiger partial charge in [0.2, 0.25) is 5.83 Å². The Morgan fingerprint density at radius 3 is 1.80 bits per heavy atom. The van der Waals surface area contributed by atoms with E-state index in [-0.39, 0.29) is 0 Å². The van der Waals surface area contributed by atoms with Crippen molar-refractivity contribution in [2.45, 2.75) is 77.6 Å². The van der Waals surface area contributed by atoms with E-state index >= 15 is 0 Å². The lowest BCUT2D eigenvalue weighted by atomic mass is 10.1. The lowest BCUT2D eigenvalue weighted by molar-refractivity contribution is -0.134. The molecule has 20 heavy (non-hydrogen) atoms. The maximum absolute atomic E-state index is 12.6. The number of allylic oxidation sites excluding steroid dienone is 3. The van der Waals surface area contributed by atoms with Crippen LogP contribution in [0.2, 0.25) is 0 Å². The van der Waals surface area contributed by atoms with E-state index in [1.807, 2.05) is 0 Å². The second kappa shape index (κ2) is 14.3. The molecule has 1 N–H and O–H groups in total. The summed E-state index contributed by atoms with van der Waals surface area (Å²) >= 11 is 0. The fraction of sp³-hybridized carbons (Fsp3) is 0.706. The van der Waals surface area contributed by atoms with Crippen LogP contribution in [0, 0.1) is 0 Å². The molecule has 0 heterocycles. The first-order valence-corrected chi connectivity index (χ1v) is 7.88. The normalized spacial score (nSPS) is 12.2. The Bertz CT molecular complexity index is 295. The second-order valence-electron chi connectivity index (χ2n) is 5.19. The van der Waals surface area contributed by atoms with Gasteiger partial charge in [-0.25, -0.2) is 4.79 Å². The number of hydrogen-bond donors (Lipinski definition) is 1. The number of carboxylic acid groups (broad SMARTS) is 1. The average Bonchev–Trinajstić information content (AvgIpc) is 2.43. The van der Waals surface area contributed by atoms with E-state index in [1.54, 1.807) is 0 Å². The Morgan fingerprint density at radius 1 is 0.900 bits per heavy atom. The van der Waals surface area contributed by atoms with E-state index in [1.165, 1.54) is 57.4 Å². The number of halogens is 1. The third kappa shape index (κ3) is 13.3. The second-order valence-corrected chi connectivity index (χ2v) is 5.19. The lowest BCUT2D eigenvalue weighted by Crippen LogP contribution is -1.94. The topological polar surface area (TPSA) is 37.3 Å². The Hall–Kier alpha value is -1.12. The first-order valence-electron chi connectivity index (χ1n) is 7.88. The van der Waals surface area contributed by atoms with Gasteiger partial charge in [0.25, 0.3) is 0 Å². The van der Waals surface area contributed by atoms with E-state index in [2.05, 4.69) is 19.1 Å². The molecule has 3 heteroatoms. The molecule has 0 rings (SSSR count). The molecule has 116 valence electrons. The summed E-state index contributed by atoms with van der Waals surface area (Å²) in [6.45, 7) is 2.06. The smallest absolute Gasteiger partial charge is 0.364 e. The maximum Gasteiger partial charge on any atom is 0.364 e. The lowest BCUT2D eigenvalue weighted by Gasteiger charge is -2.01. The van der Waals surface area contributed by atoms with Crippen LogP contribution in [0.5, 0.6) is 0 Å². The minimum absolute atomic E-state index is 0.531. The molecule has 0 aliphatic heterocycles. The predicted octanol–water partition coefficient (Wildman–Crippen LogP) is 5.79. The van der Waals surface area contributed by atoms with Crippen molar-refractivity contribution >= 4 is 5.97 Å². The van der Waals surface area contributed by atoms with Gasteiger partial charge in [-0.05, 0) is 38.7 Å². The Morgan fingerprint density at radius 2 is 1.35 bits per heavy atom. The van der Waals surface area contributed by atoms with Crippen LogP contribution in [0.15, 0.2) is 24.1 Å². The fourth-order valence-electron chi connectivity index (χ4n) is 2.13. The molecule has 0 saturated heterocycles. The molecule has 0 fully saturated rings. The largest absolute Gasteiger partial charge is 0.476 e. The monoisotopic (exact) mass is 284 g/mol. The Balaban J connectivity index is 3.17. The minimum Gasteiger partial charge on any atom is -0.476 e. The molecule has 0 aromatic rings. The van der Waals surface area contributed by atoms with Crippen molar-refractivity contribution in [1.29, 1.82) is 0 Å². The van der Waals surface area contributed by atoms with Crippen LogP contribution in [0.25, 0.3) is 0 Å². The van der Waals surface area contributed by atoms with E-state index < -0.39 is 11.8 Å². The molecule has 0 radical (unpaired) electrons. The molecular formula is C17H29FO2. The van der Waals surface area contributed by atoms with Crippen LogP contribution < -0.4 is 0 Å². The molecule has 0 aromatic carbocycles. The highest BCUT2D eigenvalue weighted by molar-refractivity contribution is 5.83. The zero-order valence-electron chi connectivity index (χ0n) is 12.7. The van der Waals surface area contributed by atoms with E-state index in [9.17, 15) is 9.18 Å². The van der Waals surface area contributed by atoms with Crippen molar-refractivity contribution in [3.63, 3.8) is 0 Å². The van der Waals surface area contributed by atoms with Crippen LogP contribution in [-0.4, -0.2) is 11.1 Å². The summed E-state index contributed by atoms with van der Waals surface area (Å²) < 4.78 is 12.6. The van der Waals surface area contributed by atoms with Crippen molar-refractivity contribution in [1.82, 2.24) is 0 Å². The summed E-state index contributed by atoms with van der Waals surface area (Å²) in [5.74, 6) is -2.48. The predicted molar refractivity (Wildman–Crippen MR) is 82.4 cm³/mol. The molecule has 0 saturated carbocycles. The highest BCUT2D eigenvalue weighted by atomic mass is 19.1. The summed E-state index contributed by atoms with van der Waals surface area (Å²) in [6.07, 6.45) is 18.1. The van der Waals surface area contributed by atoms with Crippen molar-refractivity contribution in [3.05, 3.63) is 24.1 Å². The van der Waals surface area contributed by atoms with E-state index in [0.29, 0.717) is 6.42 Å². The van der Waals surface area contributed by atoms with Gasteiger partial charge >= 0.3 is 5.97 Å². The molecule has 0 unspecified atom stereocenters. The first kappa shape index (κ1) is 18.9. The average molecular weight is 284 g/mol. The molecule has 0 amide bonds. The number of rotatable bonds is 13. The third-order valence-electron chi connectivity index (χ3n) is 3.34. The molecule has 2 nitrogen and oxygen atoms in total. The Labute approximate surface area is 122 Å². The van der Waals surface area contributed by atoms with Gasteiger partial charge in [0.15, 0.2) is 0 Å². The SMILES string of the molecule is C/C=C\CCCCCCCCCCCC=C(F)C(=O)O. The molecule has 0 atom stereocenters. The van der Waals surface area contributed by atoms with Gasteiger partial charge in [-0.3, -0.25) is 0 Å². The molecule has 0 aliphatic rings. The molecule has 0 aromatic heterocycles. The summed E-state index contributed by atoms with van der Waals surface area (Å²) in [5, 5.41) is 8.33. The van der Waals surface area contributed by atoms with Gasteiger partial charge in [-0.2, -0.15) is 4.39 Å². The number of hydrogen-bond acceptors (Lipinski definition) is 1. The quantitative estimate of drug-likeness (QED) is 0.264. The minimum atomic E-state index is -1.46. The van der Waals surface area contributed by atoms with Crippen molar-refractivity contribution in [2.24, 2.45) is 0 Å². The van der Waals surface area contributed by atoms with Gasteiger partial charge < -0.3 is 5.11 Å². The Kier molecular flexibility index (Phi) is 13.5. The van der Waals surface area contributed by atoms with Crippen molar-refractivity contribution in [2.75, 3.05) is 0 Å². The van der Waals surface area contributed by atoms with Gasteiger partial charge in [0.05, 0.1) is 0 Å². The zero-order chi connectivity index (χ0) is 15.1. The summed E-state index contributed by atoms with van der Waals surface area (Å²) in [7, 11) is 0. The zero-order valence-corrected chi connectivity index (χ0v) is 12.7. The van der Waals surface area contributed by atoms with Gasteiger partial charge in [-0.1, -0.05) is 57.1 Å². The molecule has 0 bridgehead atoms.